The smallest absolute Gasteiger partial charge is 0.255 e. The Kier molecular flexibility index (Phi) is 4.54. The number of amides is 1. The van der Waals surface area contributed by atoms with Crippen LogP contribution in [-0.2, 0) is 0 Å². The maximum atomic E-state index is 13.3. The van der Waals surface area contributed by atoms with Gasteiger partial charge in [0.25, 0.3) is 5.91 Å². The Hall–Kier alpha value is -0.980. The largest absolute Gasteiger partial charge is 0.321 e. The Labute approximate surface area is 130 Å². The molecule has 0 fully saturated rings. The molecule has 1 heterocycles. The van der Waals surface area contributed by atoms with Gasteiger partial charge >= 0.3 is 0 Å². The molecule has 0 saturated carbocycles. The van der Waals surface area contributed by atoms with Crippen LogP contribution in [0.5, 0.6) is 0 Å². The number of pyridine rings is 1. The van der Waals surface area contributed by atoms with Crippen LogP contribution in [0.25, 0.3) is 0 Å². The molecule has 0 unspecified atom stereocenters. The summed E-state index contributed by atoms with van der Waals surface area (Å²) in [6, 6.07) is 5.75. The van der Waals surface area contributed by atoms with Crippen LogP contribution in [0, 0.1) is 5.82 Å². The minimum absolute atomic E-state index is 0.215. The highest BCUT2D eigenvalue weighted by molar-refractivity contribution is 9.10. The van der Waals surface area contributed by atoms with E-state index in [2.05, 4.69) is 42.2 Å². The number of halogens is 4. The number of hydrogen-bond acceptors (Lipinski definition) is 2. The number of benzene rings is 1. The Bertz CT molecular complexity index is 652. The lowest BCUT2D eigenvalue weighted by molar-refractivity contribution is 0.102. The molecule has 0 radical (unpaired) electrons. The van der Waals surface area contributed by atoms with E-state index < -0.39 is 11.7 Å². The van der Waals surface area contributed by atoms with E-state index in [1.807, 2.05) is 0 Å². The third-order valence-electron chi connectivity index (χ3n) is 2.24. The highest BCUT2D eigenvalue weighted by atomic mass is 79.9. The monoisotopic (exact) mass is 406 g/mol. The number of rotatable bonds is 2. The first kappa shape index (κ1) is 14.4. The van der Waals surface area contributed by atoms with E-state index in [4.69, 9.17) is 11.6 Å². The molecule has 1 N–H and O–H groups in total. The lowest BCUT2D eigenvalue weighted by Gasteiger charge is -2.06. The van der Waals surface area contributed by atoms with Crippen LogP contribution in [0.3, 0.4) is 0 Å². The van der Waals surface area contributed by atoms with Crippen molar-refractivity contribution in [2.45, 2.75) is 0 Å². The number of aromatic nitrogens is 1. The molecular weight excluding hydrogens is 402 g/mol. The fraction of sp³-hybridized carbons (Fsp3) is 0. The van der Waals surface area contributed by atoms with Crippen molar-refractivity contribution in [1.29, 1.82) is 0 Å². The third-order valence-corrected chi connectivity index (χ3v) is 4.01. The molecule has 0 bridgehead atoms. The van der Waals surface area contributed by atoms with Crippen LogP contribution in [0.2, 0.25) is 5.15 Å². The molecule has 1 amide bonds. The molecule has 19 heavy (non-hydrogen) atoms. The normalized spacial score (nSPS) is 10.3. The van der Waals surface area contributed by atoms with Crippen LogP contribution in [-0.4, -0.2) is 10.9 Å². The van der Waals surface area contributed by atoms with Crippen LogP contribution >= 0.6 is 43.5 Å². The van der Waals surface area contributed by atoms with Crippen molar-refractivity contribution in [3.05, 3.63) is 55.9 Å². The SMILES string of the molecule is O=C(Nc1cnc(Cl)c(Br)c1)c1ccc(Br)c(F)c1. The van der Waals surface area contributed by atoms with E-state index >= 15 is 0 Å². The van der Waals surface area contributed by atoms with Crippen molar-refractivity contribution in [2.75, 3.05) is 5.32 Å². The molecule has 0 aliphatic rings. The van der Waals surface area contributed by atoms with Crippen molar-refractivity contribution < 1.29 is 9.18 Å². The zero-order valence-electron chi connectivity index (χ0n) is 9.25. The van der Waals surface area contributed by atoms with Gasteiger partial charge in [-0.05, 0) is 56.1 Å². The van der Waals surface area contributed by atoms with Crippen LogP contribution < -0.4 is 5.32 Å². The van der Waals surface area contributed by atoms with E-state index in [1.54, 1.807) is 6.07 Å². The van der Waals surface area contributed by atoms with E-state index in [0.717, 1.165) is 6.07 Å². The molecule has 0 saturated heterocycles. The number of nitrogens with one attached hydrogen (secondary N) is 1. The topological polar surface area (TPSA) is 42.0 Å². The van der Waals surface area contributed by atoms with Crippen molar-refractivity contribution in [3.63, 3.8) is 0 Å². The van der Waals surface area contributed by atoms with Crippen molar-refractivity contribution in [3.8, 4) is 0 Å². The number of nitrogens with zero attached hydrogens (tertiary/aromatic N) is 1. The highest BCUT2D eigenvalue weighted by Gasteiger charge is 2.10. The molecule has 0 atom stereocenters. The van der Waals surface area contributed by atoms with Gasteiger partial charge in [0, 0.05) is 5.56 Å². The molecule has 1 aromatic carbocycles. The van der Waals surface area contributed by atoms with Gasteiger partial charge in [-0.1, -0.05) is 11.6 Å². The average Bonchev–Trinajstić information content (AvgIpc) is 2.37. The third kappa shape index (κ3) is 3.52. The second-order valence-electron chi connectivity index (χ2n) is 3.58. The van der Waals surface area contributed by atoms with Gasteiger partial charge in [0.05, 0.1) is 20.8 Å². The summed E-state index contributed by atoms with van der Waals surface area (Å²) in [5.74, 6) is -0.925. The summed E-state index contributed by atoms with van der Waals surface area (Å²) in [5, 5.41) is 2.90. The van der Waals surface area contributed by atoms with Gasteiger partial charge in [-0.15, -0.1) is 0 Å². The molecule has 1 aromatic heterocycles. The van der Waals surface area contributed by atoms with Gasteiger partial charge in [-0.3, -0.25) is 4.79 Å². The predicted octanol–water partition coefficient (Wildman–Crippen LogP) is 4.65. The molecule has 2 aromatic rings. The summed E-state index contributed by atoms with van der Waals surface area (Å²) in [6.07, 6.45) is 1.42. The average molecular weight is 408 g/mol. The van der Waals surface area contributed by atoms with E-state index in [9.17, 15) is 9.18 Å². The number of carbonyl (C=O) groups excluding carboxylic acids is 1. The van der Waals surface area contributed by atoms with Gasteiger partial charge < -0.3 is 5.32 Å². The predicted molar refractivity (Wildman–Crippen MR) is 79.0 cm³/mol. The highest BCUT2D eigenvalue weighted by Crippen LogP contribution is 2.23. The zero-order valence-corrected chi connectivity index (χ0v) is 13.2. The Morgan fingerprint density at radius 1 is 1.26 bits per heavy atom. The van der Waals surface area contributed by atoms with Crippen LogP contribution in [0.4, 0.5) is 10.1 Å². The second kappa shape index (κ2) is 5.98. The first-order valence-corrected chi connectivity index (χ1v) is 7.01. The first-order valence-electron chi connectivity index (χ1n) is 5.05. The lowest BCUT2D eigenvalue weighted by Crippen LogP contribution is -2.12. The molecule has 3 nitrogen and oxygen atoms in total. The lowest BCUT2D eigenvalue weighted by atomic mass is 10.2. The van der Waals surface area contributed by atoms with Crippen LogP contribution in [0.1, 0.15) is 10.4 Å². The van der Waals surface area contributed by atoms with Gasteiger partial charge in [0.1, 0.15) is 11.0 Å². The maximum Gasteiger partial charge on any atom is 0.255 e. The number of hydrogen-bond donors (Lipinski definition) is 1. The summed E-state index contributed by atoms with van der Waals surface area (Å²) in [4.78, 5) is 15.8. The quantitative estimate of drug-likeness (QED) is 0.735. The zero-order chi connectivity index (χ0) is 14.0. The van der Waals surface area contributed by atoms with Gasteiger partial charge in [-0.25, -0.2) is 9.37 Å². The summed E-state index contributed by atoms with van der Waals surface area (Å²) in [6.45, 7) is 0. The van der Waals surface area contributed by atoms with E-state index in [1.165, 1.54) is 18.3 Å². The molecular formula is C12H6Br2ClFN2O. The maximum absolute atomic E-state index is 13.3. The van der Waals surface area contributed by atoms with Crippen molar-refractivity contribution in [1.82, 2.24) is 4.98 Å². The molecule has 98 valence electrons. The standard InChI is InChI=1S/C12H6Br2ClFN2O/c13-8-2-1-6(3-10(8)16)12(19)18-7-4-9(14)11(15)17-5-7/h1-5H,(H,18,19). The van der Waals surface area contributed by atoms with E-state index in [0.29, 0.717) is 19.8 Å². The van der Waals surface area contributed by atoms with Crippen molar-refractivity contribution >= 4 is 55.1 Å². The molecule has 0 aliphatic heterocycles. The second-order valence-corrected chi connectivity index (χ2v) is 5.65. The summed E-state index contributed by atoms with van der Waals surface area (Å²) in [5.41, 5.74) is 0.677. The summed E-state index contributed by atoms with van der Waals surface area (Å²) in [7, 11) is 0. The molecule has 7 heteroatoms. The Balaban J connectivity index is 2.20. The van der Waals surface area contributed by atoms with E-state index in [-0.39, 0.29) is 5.56 Å². The van der Waals surface area contributed by atoms with Gasteiger partial charge in [-0.2, -0.15) is 0 Å². The Morgan fingerprint density at radius 2 is 2.00 bits per heavy atom. The molecule has 0 spiro atoms. The van der Waals surface area contributed by atoms with Crippen LogP contribution in [0.15, 0.2) is 39.4 Å². The van der Waals surface area contributed by atoms with Crippen molar-refractivity contribution in [2.24, 2.45) is 0 Å². The van der Waals surface area contributed by atoms with Gasteiger partial charge in [0.2, 0.25) is 0 Å². The fourth-order valence-corrected chi connectivity index (χ4v) is 2.03. The molecule has 2 rings (SSSR count). The fourth-order valence-electron chi connectivity index (χ4n) is 1.33. The number of carbonyl (C=O) groups is 1. The summed E-state index contributed by atoms with van der Waals surface area (Å²) < 4.78 is 14.2. The first-order chi connectivity index (χ1) is 8.97. The summed E-state index contributed by atoms with van der Waals surface area (Å²) >= 11 is 12.0. The minimum Gasteiger partial charge on any atom is -0.321 e. The minimum atomic E-state index is -0.497. The Morgan fingerprint density at radius 3 is 2.63 bits per heavy atom. The molecule has 0 aliphatic carbocycles. The number of anilines is 1. The van der Waals surface area contributed by atoms with Gasteiger partial charge in [0.15, 0.2) is 0 Å².